The Hall–Kier alpha value is -0.530. The van der Waals surface area contributed by atoms with E-state index in [1.54, 1.807) is 0 Å². The van der Waals surface area contributed by atoms with E-state index in [0.717, 1.165) is 19.3 Å². The van der Waals surface area contributed by atoms with E-state index in [4.69, 9.17) is 4.74 Å². The first-order valence-electron chi connectivity index (χ1n) is 16.8. The molecular formula is C34H68O2. The highest BCUT2D eigenvalue weighted by atomic mass is 16.5. The van der Waals surface area contributed by atoms with E-state index in [9.17, 15) is 4.79 Å². The van der Waals surface area contributed by atoms with Crippen molar-refractivity contribution in [2.45, 2.75) is 195 Å². The predicted molar refractivity (Wildman–Crippen MR) is 161 cm³/mol. The number of esters is 1. The van der Waals surface area contributed by atoms with Gasteiger partial charge in [-0.25, -0.2) is 0 Å². The van der Waals surface area contributed by atoms with Crippen LogP contribution in [-0.2, 0) is 9.53 Å². The summed E-state index contributed by atoms with van der Waals surface area (Å²) >= 11 is 0. The Balaban J connectivity index is 4.03. The summed E-state index contributed by atoms with van der Waals surface area (Å²) in [5, 5.41) is 0. The van der Waals surface area contributed by atoms with Crippen molar-refractivity contribution in [3.8, 4) is 0 Å². The molecule has 2 heteroatoms. The highest BCUT2D eigenvalue weighted by Gasteiger charge is 2.17. The molecule has 0 saturated heterocycles. The zero-order valence-corrected chi connectivity index (χ0v) is 25.6. The molecule has 0 radical (unpaired) electrons. The molecule has 2 unspecified atom stereocenters. The average molecular weight is 509 g/mol. The molecule has 36 heavy (non-hydrogen) atoms. The number of hydrogen-bond acceptors (Lipinski definition) is 2. The summed E-state index contributed by atoms with van der Waals surface area (Å²) in [6.07, 6.45) is 35.0. The summed E-state index contributed by atoms with van der Waals surface area (Å²) in [6, 6.07) is 0. The van der Waals surface area contributed by atoms with Crippen molar-refractivity contribution in [2.24, 2.45) is 11.8 Å². The molecule has 2 atom stereocenters. The van der Waals surface area contributed by atoms with Gasteiger partial charge in [0.1, 0.15) is 0 Å². The maximum atomic E-state index is 12.4. The smallest absolute Gasteiger partial charge is 0.308 e. The molecule has 0 rings (SSSR count). The molecule has 0 aromatic rings. The van der Waals surface area contributed by atoms with Gasteiger partial charge in [-0.15, -0.1) is 0 Å². The summed E-state index contributed by atoms with van der Waals surface area (Å²) in [5.41, 5.74) is 0. The molecule has 216 valence electrons. The van der Waals surface area contributed by atoms with Crippen LogP contribution in [0.5, 0.6) is 0 Å². The summed E-state index contributed by atoms with van der Waals surface area (Å²) in [5.74, 6) is 0.667. The molecule has 2 nitrogen and oxygen atoms in total. The van der Waals surface area contributed by atoms with Gasteiger partial charge in [0.2, 0.25) is 0 Å². The first kappa shape index (κ1) is 35.5. The third kappa shape index (κ3) is 25.1. The quantitative estimate of drug-likeness (QED) is 0.0741. The van der Waals surface area contributed by atoms with Crippen LogP contribution in [-0.4, -0.2) is 12.6 Å². The summed E-state index contributed by atoms with van der Waals surface area (Å²) < 4.78 is 5.81. The van der Waals surface area contributed by atoms with E-state index in [1.807, 2.05) is 6.92 Å². The zero-order valence-electron chi connectivity index (χ0n) is 25.6. The molecule has 0 aliphatic carbocycles. The van der Waals surface area contributed by atoms with Crippen LogP contribution in [0.25, 0.3) is 0 Å². The van der Waals surface area contributed by atoms with Crippen molar-refractivity contribution in [2.75, 3.05) is 6.61 Å². The molecule has 0 amide bonds. The number of unbranched alkanes of at least 4 members (excludes halogenated alkanes) is 20. The van der Waals surface area contributed by atoms with Gasteiger partial charge < -0.3 is 4.74 Å². The normalized spacial score (nSPS) is 13.1. The van der Waals surface area contributed by atoms with E-state index in [2.05, 4.69) is 20.8 Å². The number of rotatable bonds is 29. The van der Waals surface area contributed by atoms with Gasteiger partial charge in [0.05, 0.1) is 12.5 Å². The van der Waals surface area contributed by atoms with Crippen molar-refractivity contribution in [1.82, 2.24) is 0 Å². The van der Waals surface area contributed by atoms with Crippen LogP contribution in [0.3, 0.4) is 0 Å². The van der Waals surface area contributed by atoms with Gasteiger partial charge in [0.25, 0.3) is 0 Å². The van der Waals surface area contributed by atoms with E-state index in [1.165, 1.54) is 148 Å². The van der Waals surface area contributed by atoms with Crippen molar-refractivity contribution in [3.63, 3.8) is 0 Å². The number of ether oxygens (including phenoxy) is 1. The minimum Gasteiger partial charge on any atom is -0.465 e. The Bertz CT molecular complexity index is 433. The summed E-state index contributed by atoms with van der Waals surface area (Å²) in [7, 11) is 0. The second-order valence-electron chi connectivity index (χ2n) is 11.8. The lowest BCUT2D eigenvalue weighted by Crippen LogP contribution is -2.19. The molecule has 0 aliphatic heterocycles. The summed E-state index contributed by atoms with van der Waals surface area (Å²) in [4.78, 5) is 12.4. The number of carbonyl (C=O) groups is 1. The van der Waals surface area contributed by atoms with Crippen LogP contribution >= 0.6 is 0 Å². The highest BCUT2D eigenvalue weighted by molar-refractivity contribution is 5.71. The summed E-state index contributed by atoms with van der Waals surface area (Å²) in [6.45, 7) is 9.47. The fourth-order valence-corrected chi connectivity index (χ4v) is 5.30. The van der Waals surface area contributed by atoms with Crippen molar-refractivity contribution in [3.05, 3.63) is 0 Å². The van der Waals surface area contributed by atoms with Gasteiger partial charge >= 0.3 is 5.97 Å². The molecule has 0 fully saturated rings. The second kappa shape index (κ2) is 29.0. The van der Waals surface area contributed by atoms with Gasteiger partial charge in [-0.1, -0.05) is 175 Å². The molecule has 0 spiro atoms. The first-order chi connectivity index (χ1) is 17.7. The van der Waals surface area contributed by atoms with Crippen LogP contribution in [0.2, 0.25) is 0 Å². The molecule has 0 aromatic carbocycles. The standard InChI is InChI=1S/C34H68O2/c1-5-8-11-13-15-17-18-19-21-23-25-27-30-33(31-36-34(35)32(4)28-10-7-3)29-26-24-22-20-16-14-12-9-6-2/h32-33H,5-31H2,1-4H3. The van der Waals surface area contributed by atoms with E-state index < -0.39 is 0 Å². The second-order valence-corrected chi connectivity index (χ2v) is 11.8. The van der Waals surface area contributed by atoms with E-state index in [-0.39, 0.29) is 11.9 Å². The number of hydrogen-bond donors (Lipinski definition) is 0. The van der Waals surface area contributed by atoms with Gasteiger partial charge in [0, 0.05) is 0 Å². The lowest BCUT2D eigenvalue weighted by Gasteiger charge is -2.19. The van der Waals surface area contributed by atoms with Crippen LogP contribution < -0.4 is 0 Å². The Morgan fingerprint density at radius 1 is 0.472 bits per heavy atom. The lowest BCUT2D eigenvalue weighted by molar-refractivity contribution is -0.149. The minimum atomic E-state index is 0.0372. The highest BCUT2D eigenvalue weighted by Crippen LogP contribution is 2.21. The van der Waals surface area contributed by atoms with Crippen LogP contribution in [0.1, 0.15) is 195 Å². The van der Waals surface area contributed by atoms with Crippen LogP contribution in [0.4, 0.5) is 0 Å². The Morgan fingerprint density at radius 3 is 1.17 bits per heavy atom. The third-order valence-corrected chi connectivity index (χ3v) is 8.04. The molecule has 0 heterocycles. The maximum Gasteiger partial charge on any atom is 0.308 e. The van der Waals surface area contributed by atoms with E-state index in [0.29, 0.717) is 12.5 Å². The zero-order chi connectivity index (χ0) is 26.5. The molecule has 0 aliphatic rings. The van der Waals surface area contributed by atoms with Crippen molar-refractivity contribution < 1.29 is 9.53 Å². The van der Waals surface area contributed by atoms with Gasteiger partial charge in [0.15, 0.2) is 0 Å². The Kier molecular flexibility index (Phi) is 28.6. The van der Waals surface area contributed by atoms with Crippen LogP contribution in [0.15, 0.2) is 0 Å². The molecule has 0 bridgehead atoms. The molecule has 0 saturated carbocycles. The topological polar surface area (TPSA) is 26.3 Å². The molecule has 0 N–H and O–H groups in total. The van der Waals surface area contributed by atoms with Gasteiger partial charge in [-0.2, -0.15) is 0 Å². The van der Waals surface area contributed by atoms with Gasteiger partial charge in [-0.3, -0.25) is 4.79 Å². The largest absolute Gasteiger partial charge is 0.465 e. The number of carbonyl (C=O) groups excluding carboxylic acids is 1. The average Bonchev–Trinajstić information content (AvgIpc) is 2.89. The fraction of sp³-hybridized carbons (Fsp3) is 0.971. The molecular weight excluding hydrogens is 440 g/mol. The SMILES string of the molecule is CCCCCCCCCCCCCCC(CCCCCCCCCCC)COC(=O)C(C)CCCC. The fourth-order valence-electron chi connectivity index (χ4n) is 5.30. The third-order valence-electron chi connectivity index (χ3n) is 8.04. The van der Waals surface area contributed by atoms with Crippen molar-refractivity contribution >= 4 is 5.97 Å². The Labute approximate surface area is 228 Å². The lowest BCUT2D eigenvalue weighted by atomic mass is 9.94. The predicted octanol–water partition coefficient (Wildman–Crippen LogP) is 12.0. The van der Waals surface area contributed by atoms with Gasteiger partial charge in [-0.05, 0) is 25.2 Å². The van der Waals surface area contributed by atoms with Crippen LogP contribution in [0, 0.1) is 11.8 Å². The first-order valence-corrected chi connectivity index (χ1v) is 16.8. The Morgan fingerprint density at radius 2 is 0.806 bits per heavy atom. The van der Waals surface area contributed by atoms with Crippen molar-refractivity contribution in [1.29, 1.82) is 0 Å². The monoisotopic (exact) mass is 509 g/mol. The maximum absolute atomic E-state index is 12.4. The molecule has 0 aromatic heterocycles. The van der Waals surface area contributed by atoms with E-state index >= 15 is 0 Å². The minimum absolute atomic E-state index is 0.0372.